The van der Waals surface area contributed by atoms with Crippen molar-refractivity contribution in [2.24, 2.45) is 0 Å². The van der Waals surface area contributed by atoms with Gasteiger partial charge in [0, 0.05) is 24.7 Å². The van der Waals surface area contributed by atoms with Gasteiger partial charge in [0.1, 0.15) is 12.6 Å². The van der Waals surface area contributed by atoms with Gasteiger partial charge in [0.2, 0.25) is 5.95 Å². The molecule has 9 nitrogen and oxygen atoms in total. The van der Waals surface area contributed by atoms with Gasteiger partial charge in [-0.25, -0.2) is 15.0 Å². The second-order valence-electron chi connectivity index (χ2n) is 4.42. The molecular formula is C13H9N7O2. The lowest BCUT2D eigenvalue weighted by atomic mass is 10.3. The predicted molar refractivity (Wildman–Crippen MR) is 75.5 cm³/mol. The van der Waals surface area contributed by atoms with Crippen LogP contribution in [-0.4, -0.2) is 35.6 Å². The fourth-order valence-corrected chi connectivity index (χ4v) is 2.04. The van der Waals surface area contributed by atoms with Crippen LogP contribution >= 0.6 is 0 Å². The van der Waals surface area contributed by atoms with Gasteiger partial charge in [0.25, 0.3) is 5.91 Å². The molecule has 0 aliphatic rings. The summed E-state index contributed by atoms with van der Waals surface area (Å²) in [4.78, 5) is 28.0. The lowest BCUT2D eigenvalue weighted by Gasteiger charge is -2.06. The van der Waals surface area contributed by atoms with Crippen molar-refractivity contribution in [2.45, 2.75) is 0 Å². The maximum Gasteiger partial charge on any atom is 0.277 e. The van der Waals surface area contributed by atoms with Crippen LogP contribution in [0.1, 0.15) is 10.5 Å². The van der Waals surface area contributed by atoms with Crippen molar-refractivity contribution in [3.63, 3.8) is 0 Å². The number of carbonyl (C=O) groups is 1. The SMILES string of the molecule is O=C(Nc1ccon1)c1nc(-n2ccnc2)nc2cc[nH]c12. The van der Waals surface area contributed by atoms with E-state index in [-0.39, 0.29) is 5.69 Å². The van der Waals surface area contributed by atoms with Crippen molar-refractivity contribution >= 4 is 22.8 Å². The van der Waals surface area contributed by atoms with E-state index in [0.29, 0.717) is 22.8 Å². The molecule has 0 radical (unpaired) electrons. The molecule has 0 fully saturated rings. The van der Waals surface area contributed by atoms with Crippen LogP contribution < -0.4 is 5.32 Å². The van der Waals surface area contributed by atoms with Gasteiger partial charge in [-0.05, 0) is 6.07 Å². The number of nitrogens with one attached hydrogen (secondary N) is 2. The van der Waals surface area contributed by atoms with E-state index in [1.165, 1.54) is 6.26 Å². The Kier molecular flexibility index (Phi) is 2.68. The van der Waals surface area contributed by atoms with Crippen molar-refractivity contribution < 1.29 is 9.32 Å². The Labute approximate surface area is 123 Å². The van der Waals surface area contributed by atoms with Crippen LogP contribution in [0.3, 0.4) is 0 Å². The van der Waals surface area contributed by atoms with Crippen molar-refractivity contribution in [3.05, 3.63) is 49.0 Å². The van der Waals surface area contributed by atoms with Gasteiger partial charge in [-0.1, -0.05) is 5.16 Å². The predicted octanol–water partition coefficient (Wildman–Crippen LogP) is 1.38. The van der Waals surface area contributed by atoms with Crippen LogP contribution in [0.25, 0.3) is 17.0 Å². The van der Waals surface area contributed by atoms with Gasteiger partial charge in [-0.3, -0.25) is 9.36 Å². The lowest BCUT2D eigenvalue weighted by Crippen LogP contribution is -2.16. The molecule has 0 aliphatic heterocycles. The number of carbonyl (C=O) groups excluding carboxylic acids is 1. The average Bonchev–Trinajstić information content (AvgIpc) is 3.27. The van der Waals surface area contributed by atoms with Crippen LogP contribution in [0.4, 0.5) is 5.82 Å². The molecule has 0 unspecified atom stereocenters. The van der Waals surface area contributed by atoms with E-state index in [1.54, 1.807) is 41.6 Å². The Hall–Kier alpha value is -3.49. The molecule has 4 aromatic heterocycles. The Morgan fingerprint density at radius 1 is 1.32 bits per heavy atom. The van der Waals surface area contributed by atoms with E-state index < -0.39 is 5.91 Å². The highest BCUT2D eigenvalue weighted by Gasteiger charge is 2.17. The summed E-state index contributed by atoms with van der Waals surface area (Å²) in [7, 11) is 0. The Balaban J connectivity index is 1.81. The summed E-state index contributed by atoms with van der Waals surface area (Å²) < 4.78 is 6.31. The second kappa shape index (κ2) is 4.81. The fourth-order valence-electron chi connectivity index (χ4n) is 2.04. The molecule has 4 heterocycles. The first-order chi connectivity index (χ1) is 10.8. The molecule has 2 N–H and O–H groups in total. The summed E-state index contributed by atoms with van der Waals surface area (Å²) >= 11 is 0. The number of anilines is 1. The first-order valence-corrected chi connectivity index (χ1v) is 6.36. The number of H-pyrrole nitrogens is 1. The number of aromatic amines is 1. The molecule has 1 amide bonds. The maximum absolute atomic E-state index is 12.4. The van der Waals surface area contributed by atoms with Gasteiger partial charge in [0.05, 0.1) is 11.0 Å². The molecule has 4 rings (SSSR count). The van der Waals surface area contributed by atoms with Crippen LogP contribution in [0.5, 0.6) is 0 Å². The molecule has 0 bridgehead atoms. The number of rotatable bonds is 3. The van der Waals surface area contributed by atoms with Crippen LogP contribution in [0, 0.1) is 0 Å². The van der Waals surface area contributed by atoms with Gasteiger partial charge >= 0.3 is 0 Å². The van der Waals surface area contributed by atoms with Crippen molar-refractivity contribution in [3.8, 4) is 5.95 Å². The minimum atomic E-state index is -0.412. The Morgan fingerprint density at radius 2 is 2.27 bits per heavy atom. The van der Waals surface area contributed by atoms with Crippen LogP contribution in [0.15, 0.2) is 47.8 Å². The van der Waals surface area contributed by atoms with E-state index >= 15 is 0 Å². The minimum absolute atomic E-state index is 0.210. The first-order valence-electron chi connectivity index (χ1n) is 6.36. The topological polar surface area (TPSA) is 115 Å². The third kappa shape index (κ3) is 2.00. The first kappa shape index (κ1) is 12.3. The zero-order chi connectivity index (χ0) is 14.9. The summed E-state index contributed by atoms with van der Waals surface area (Å²) in [5.74, 6) is 0.257. The summed E-state index contributed by atoms with van der Waals surface area (Å²) in [6, 6.07) is 3.31. The Morgan fingerprint density at radius 3 is 3.05 bits per heavy atom. The molecule has 0 atom stereocenters. The molecule has 108 valence electrons. The van der Waals surface area contributed by atoms with E-state index in [4.69, 9.17) is 0 Å². The van der Waals surface area contributed by atoms with Crippen molar-refractivity contribution in [1.82, 2.24) is 29.7 Å². The number of aromatic nitrogens is 6. The van der Waals surface area contributed by atoms with Gasteiger partial charge in [0.15, 0.2) is 11.5 Å². The van der Waals surface area contributed by atoms with E-state index in [1.807, 2.05) is 0 Å². The monoisotopic (exact) mass is 295 g/mol. The van der Waals surface area contributed by atoms with Gasteiger partial charge < -0.3 is 14.8 Å². The zero-order valence-electron chi connectivity index (χ0n) is 11.1. The third-order valence-electron chi connectivity index (χ3n) is 3.02. The molecule has 4 aromatic rings. The zero-order valence-corrected chi connectivity index (χ0v) is 11.1. The molecule has 0 saturated carbocycles. The van der Waals surface area contributed by atoms with Gasteiger partial charge in [-0.2, -0.15) is 0 Å². The summed E-state index contributed by atoms with van der Waals surface area (Å²) in [5.41, 5.74) is 1.38. The number of fused-ring (bicyclic) bond motifs is 1. The number of imidazole rings is 1. The quantitative estimate of drug-likeness (QED) is 0.590. The van der Waals surface area contributed by atoms with E-state index in [2.05, 4.69) is 34.9 Å². The van der Waals surface area contributed by atoms with Crippen LogP contribution in [0.2, 0.25) is 0 Å². The highest BCUT2D eigenvalue weighted by Crippen LogP contribution is 2.17. The summed E-state index contributed by atoms with van der Waals surface area (Å²) in [6.07, 6.45) is 7.95. The molecule has 22 heavy (non-hydrogen) atoms. The Bertz CT molecular complexity index is 925. The number of hydrogen-bond donors (Lipinski definition) is 2. The number of hydrogen-bond acceptors (Lipinski definition) is 6. The molecule has 0 aromatic carbocycles. The summed E-state index contributed by atoms with van der Waals surface area (Å²) in [5, 5.41) is 6.26. The normalized spacial score (nSPS) is 10.9. The highest BCUT2D eigenvalue weighted by molar-refractivity contribution is 6.09. The average molecular weight is 295 g/mol. The third-order valence-corrected chi connectivity index (χ3v) is 3.02. The van der Waals surface area contributed by atoms with E-state index in [0.717, 1.165) is 0 Å². The number of nitrogens with zero attached hydrogens (tertiary/aromatic N) is 5. The molecule has 0 saturated heterocycles. The maximum atomic E-state index is 12.4. The van der Waals surface area contributed by atoms with Gasteiger partial charge in [-0.15, -0.1) is 0 Å². The highest BCUT2D eigenvalue weighted by atomic mass is 16.5. The smallest absolute Gasteiger partial charge is 0.277 e. The summed E-state index contributed by atoms with van der Waals surface area (Å²) in [6.45, 7) is 0. The van der Waals surface area contributed by atoms with Crippen LogP contribution in [-0.2, 0) is 0 Å². The molecule has 0 spiro atoms. The standard InChI is InChI=1S/C13H9N7O2/c21-12(17-9-2-6-22-19-9)11-10-8(1-3-15-10)16-13(18-11)20-5-4-14-7-20/h1-7,15H,(H,17,19,21). The molecular weight excluding hydrogens is 286 g/mol. The second-order valence-corrected chi connectivity index (χ2v) is 4.42. The molecule has 0 aliphatic carbocycles. The minimum Gasteiger partial charge on any atom is -0.363 e. The lowest BCUT2D eigenvalue weighted by molar-refractivity contribution is 0.102. The van der Waals surface area contributed by atoms with Crippen molar-refractivity contribution in [2.75, 3.05) is 5.32 Å². The number of amides is 1. The van der Waals surface area contributed by atoms with E-state index in [9.17, 15) is 4.79 Å². The molecule has 9 heteroatoms. The van der Waals surface area contributed by atoms with Crippen molar-refractivity contribution in [1.29, 1.82) is 0 Å². The fraction of sp³-hybridized carbons (Fsp3) is 0. The largest absolute Gasteiger partial charge is 0.363 e.